The lowest BCUT2D eigenvalue weighted by atomic mass is 9.86. The molecule has 0 unspecified atom stereocenters. The Bertz CT molecular complexity index is 2200. The minimum Gasteiger partial charge on any atom is -0.330 e. The average Bonchev–Trinajstić information content (AvgIpc) is 1.03. The number of nitrogens with one attached hydrogen (secondary N) is 1. The van der Waals surface area contributed by atoms with Gasteiger partial charge in [-0.15, -0.1) is 0 Å². The van der Waals surface area contributed by atoms with Crippen molar-refractivity contribution in [2.24, 2.45) is 62.7 Å². The largest absolute Gasteiger partial charge is 0.330 e. The molecule has 0 saturated carbocycles. The zero-order valence-electron chi connectivity index (χ0n) is 69.6. The molecule has 0 atom stereocenters. The van der Waals surface area contributed by atoms with E-state index in [1.165, 1.54) is 180 Å². The van der Waals surface area contributed by atoms with E-state index in [1.54, 1.807) is 0 Å². The SMILES string of the molecule is CC(=N)CCCCCC(C)C.CC(C)(C)Cc1ccccc1.CC(C)(C)Cc1ccccc1CN.CC(C)CCCCN.CCCCC(C)C.CCCCCCC(C)C.CCCCCCCC(C)C.CCc1ccc(CC(C)(C)C)cc1.CCc1cccc(CC(C)(C)C)c1. The predicted octanol–water partition coefficient (Wildman–Crippen LogP) is 29.5. The lowest BCUT2D eigenvalue weighted by molar-refractivity contribution is 0.409. The third-order valence-electron chi connectivity index (χ3n) is 15.7. The van der Waals surface area contributed by atoms with Gasteiger partial charge in [0.2, 0.25) is 0 Å². The number of benzene rings is 4. The van der Waals surface area contributed by atoms with Crippen molar-refractivity contribution < 1.29 is 0 Å². The van der Waals surface area contributed by atoms with Crippen LogP contribution in [0.5, 0.6) is 0 Å². The van der Waals surface area contributed by atoms with Crippen LogP contribution in [0.2, 0.25) is 0 Å². The molecule has 0 spiro atoms. The summed E-state index contributed by atoms with van der Waals surface area (Å²) in [5.74, 6) is 4.40. The highest BCUT2D eigenvalue weighted by atomic mass is 14.5. The molecule has 0 bridgehead atoms. The highest BCUT2D eigenvalue weighted by Crippen LogP contribution is 2.25. The molecule has 3 nitrogen and oxygen atoms in total. The summed E-state index contributed by atoms with van der Waals surface area (Å²) in [4.78, 5) is 0. The Hall–Kier alpha value is -3.53. The minimum atomic E-state index is 0.339. The lowest BCUT2D eigenvalue weighted by Crippen LogP contribution is -2.12. The summed E-state index contributed by atoms with van der Waals surface area (Å²) in [6.07, 6.45) is 36.6. The van der Waals surface area contributed by atoms with E-state index < -0.39 is 0 Å². The molecular formula is C92H171N3. The van der Waals surface area contributed by atoms with E-state index in [2.05, 4.69) is 284 Å². The summed E-state index contributed by atoms with van der Waals surface area (Å²) in [6, 6.07) is 37.0. The van der Waals surface area contributed by atoms with Gasteiger partial charge in [-0.05, 0) is 161 Å². The zero-order valence-corrected chi connectivity index (χ0v) is 69.6. The van der Waals surface area contributed by atoms with Crippen LogP contribution in [-0.4, -0.2) is 12.3 Å². The highest BCUT2D eigenvalue weighted by molar-refractivity contribution is 5.78. The van der Waals surface area contributed by atoms with Gasteiger partial charge >= 0.3 is 0 Å². The fourth-order valence-electron chi connectivity index (χ4n) is 10.4. The molecule has 0 heterocycles. The van der Waals surface area contributed by atoms with Gasteiger partial charge in [0.25, 0.3) is 0 Å². The minimum absolute atomic E-state index is 0.339. The van der Waals surface area contributed by atoms with Gasteiger partial charge in [-0.2, -0.15) is 0 Å². The molecule has 5 N–H and O–H groups in total. The van der Waals surface area contributed by atoms with Gasteiger partial charge in [-0.25, -0.2) is 0 Å². The van der Waals surface area contributed by atoms with Crippen LogP contribution in [0, 0.1) is 56.7 Å². The maximum absolute atomic E-state index is 7.21. The van der Waals surface area contributed by atoms with Gasteiger partial charge in [-0.1, -0.05) is 412 Å². The van der Waals surface area contributed by atoms with E-state index in [4.69, 9.17) is 16.9 Å². The van der Waals surface area contributed by atoms with Gasteiger partial charge in [0.1, 0.15) is 0 Å². The summed E-state index contributed by atoms with van der Waals surface area (Å²) in [7, 11) is 0. The van der Waals surface area contributed by atoms with Crippen molar-refractivity contribution in [3.8, 4) is 0 Å². The Balaban J connectivity index is -0.000000322. The predicted molar refractivity (Wildman–Crippen MR) is 440 cm³/mol. The molecule has 0 amide bonds. The lowest BCUT2D eigenvalue weighted by Gasteiger charge is -2.19. The summed E-state index contributed by atoms with van der Waals surface area (Å²) >= 11 is 0. The highest BCUT2D eigenvalue weighted by Gasteiger charge is 2.14. The zero-order chi connectivity index (χ0) is 73.7. The molecule has 0 aliphatic rings. The van der Waals surface area contributed by atoms with Crippen LogP contribution in [0.25, 0.3) is 0 Å². The first-order chi connectivity index (χ1) is 44.3. The van der Waals surface area contributed by atoms with Crippen LogP contribution in [0.1, 0.15) is 374 Å². The second-order valence-corrected chi connectivity index (χ2v) is 34.6. The van der Waals surface area contributed by atoms with Gasteiger partial charge in [-0.3, -0.25) is 0 Å². The van der Waals surface area contributed by atoms with Crippen LogP contribution in [0.15, 0.2) is 103 Å². The van der Waals surface area contributed by atoms with E-state index >= 15 is 0 Å². The molecule has 4 aromatic carbocycles. The van der Waals surface area contributed by atoms with Crippen LogP contribution in [-0.2, 0) is 45.1 Å². The molecular weight excluding hydrogens is 1150 g/mol. The number of unbranched alkanes of at least 4 members (excludes halogenated alkanes) is 11. The first kappa shape index (κ1) is 100. The fourth-order valence-corrected chi connectivity index (χ4v) is 10.4. The van der Waals surface area contributed by atoms with Crippen molar-refractivity contribution in [1.82, 2.24) is 0 Å². The summed E-state index contributed by atoms with van der Waals surface area (Å²) in [5, 5.41) is 7.21. The molecule has 4 rings (SSSR count). The molecule has 0 aromatic heterocycles. The Labute approximate surface area is 599 Å². The van der Waals surface area contributed by atoms with Gasteiger partial charge < -0.3 is 16.9 Å². The van der Waals surface area contributed by atoms with E-state index in [0.29, 0.717) is 28.2 Å². The number of hydrogen-bond donors (Lipinski definition) is 3. The third kappa shape index (κ3) is 84.6. The summed E-state index contributed by atoms with van der Waals surface area (Å²) < 4.78 is 0. The molecule has 3 heteroatoms. The maximum atomic E-state index is 7.21. The van der Waals surface area contributed by atoms with E-state index in [1.807, 2.05) is 13.0 Å². The summed E-state index contributed by atoms with van der Waals surface area (Å²) in [6.45, 7) is 64.6. The Morgan fingerprint density at radius 2 is 0.642 bits per heavy atom. The van der Waals surface area contributed by atoms with Crippen LogP contribution < -0.4 is 11.5 Å². The normalized spacial score (nSPS) is 11.1. The molecule has 95 heavy (non-hydrogen) atoms. The van der Waals surface area contributed by atoms with Crippen molar-refractivity contribution in [3.05, 3.63) is 142 Å². The molecule has 0 radical (unpaired) electrons. The Morgan fingerprint density at radius 1 is 0.326 bits per heavy atom. The maximum Gasteiger partial charge on any atom is 0.0180 e. The van der Waals surface area contributed by atoms with Crippen molar-refractivity contribution in [3.63, 3.8) is 0 Å². The van der Waals surface area contributed by atoms with Crippen LogP contribution in [0.4, 0.5) is 0 Å². The van der Waals surface area contributed by atoms with E-state index in [9.17, 15) is 0 Å². The summed E-state index contributed by atoms with van der Waals surface area (Å²) in [5.41, 5.74) is 23.2. The van der Waals surface area contributed by atoms with E-state index in [0.717, 1.165) is 80.4 Å². The Morgan fingerprint density at radius 3 is 1.00 bits per heavy atom. The topological polar surface area (TPSA) is 75.9 Å². The first-order valence-electron chi connectivity index (χ1n) is 39.5. The quantitative estimate of drug-likeness (QED) is 0.0347. The van der Waals surface area contributed by atoms with E-state index in [-0.39, 0.29) is 0 Å². The second-order valence-electron chi connectivity index (χ2n) is 34.6. The molecule has 554 valence electrons. The van der Waals surface area contributed by atoms with Gasteiger partial charge in [0.05, 0.1) is 0 Å². The number of hydrogen-bond acceptors (Lipinski definition) is 3. The van der Waals surface area contributed by atoms with Crippen LogP contribution >= 0.6 is 0 Å². The molecule has 0 aliphatic heterocycles. The molecule has 4 aromatic rings. The van der Waals surface area contributed by atoms with Crippen molar-refractivity contribution in [2.45, 2.75) is 380 Å². The van der Waals surface area contributed by atoms with Crippen molar-refractivity contribution >= 4 is 5.71 Å². The smallest absolute Gasteiger partial charge is 0.0180 e. The molecule has 0 aliphatic carbocycles. The van der Waals surface area contributed by atoms with Gasteiger partial charge in [0.15, 0.2) is 0 Å². The van der Waals surface area contributed by atoms with Crippen molar-refractivity contribution in [2.75, 3.05) is 6.54 Å². The third-order valence-corrected chi connectivity index (χ3v) is 15.7. The number of nitrogens with two attached hydrogens (primary N) is 2. The monoisotopic (exact) mass is 1320 g/mol. The Kier molecular flexibility index (Phi) is 67.3. The molecule has 0 fully saturated rings. The number of aryl methyl sites for hydroxylation is 2. The molecule has 0 saturated heterocycles. The number of rotatable bonds is 31. The fraction of sp³-hybridized carbons (Fsp3) is 0.728. The average molecular weight is 1320 g/mol. The van der Waals surface area contributed by atoms with Gasteiger partial charge in [0, 0.05) is 12.3 Å². The van der Waals surface area contributed by atoms with Crippen molar-refractivity contribution in [1.29, 1.82) is 5.41 Å². The second kappa shape index (κ2) is 63.9. The van der Waals surface area contributed by atoms with Crippen LogP contribution in [0.3, 0.4) is 0 Å². The first-order valence-corrected chi connectivity index (χ1v) is 39.5. The standard InChI is InChI=1S/2C13H20.C12H19N.C11H16.C10H21N.C10H22.C9H20.C7H17N.C7H16/c1-5-11-6-8-12(9-7-11)10-13(2,3)4;1-5-11-7-6-8-12(9-11)10-13(2,3)4;1-12(2,3)8-10-6-4-5-7-11(10)9-13;1-11(2,3)9-10-7-5-4-6-8-10;1-9(2)7-5-4-6-8-10(3)11;1-4-5-6-7-8-9-10(2)3;1-4-5-6-7-8-9(2)3;1-7(2)5-3-4-6-8;1-4-5-6-7(2)3/h2*6-9H,5,10H2,1-4H3;4-7H,8-9,13H2,1-3H3;4-8H,9H2,1-3H3;9,11H,4-8H2,1-3H3;10H,4-9H2,1-3H3;9H,4-8H2,1-3H3;7H,3-6,8H2,1-2H3;7H,4-6H2,1-3H3.